The topological polar surface area (TPSA) is 93.8 Å². The maximum atomic E-state index is 10.8. The maximum absolute atomic E-state index is 10.8. The van der Waals surface area contributed by atoms with Crippen molar-refractivity contribution in [1.29, 1.82) is 0 Å². The minimum atomic E-state index is -1.11. The van der Waals surface area contributed by atoms with E-state index in [0.717, 1.165) is 5.69 Å². The predicted molar refractivity (Wildman–Crippen MR) is 69.3 cm³/mol. The molecule has 98 valence electrons. The van der Waals surface area contributed by atoms with Crippen LogP contribution in [0.3, 0.4) is 0 Å². The Kier molecular flexibility index (Phi) is 2.92. The molecule has 3 heterocycles. The summed E-state index contributed by atoms with van der Waals surface area (Å²) in [5, 5.41) is 13.0. The Morgan fingerprint density at radius 1 is 1.10 bits per heavy atom. The second kappa shape index (κ2) is 4.88. The van der Waals surface area contributed by atoms with Gasteiger partial charge >= 0.3 is 5.97 Å². The molecule has 3 aromatic heterocycles. The van der Waals surface area contributed by atoms with Gasteiger partial charge in [0.1, 0.15) is 5.69 Å². The molecule has 0 aliphatic heterocycles. The summed E-state index contributed by atoms with van der Waals surface area (Å²) in [4.78, 5) is 22.8. The molecular weight excluding hydrogens is 258 g/mol. The molecule has 0 unspecified atom stereocenters. The van der Waals surface area contributed by atoms with Gasteiger partial charge in [-0.3, -0.25) is 9.97 Å². The third-order valence-electron chi connectivity index (χ3n) is 2.67. The van der Waals surface area contributed by atoms with Crippen molar-refractivity contribution in [3.05, 3.63) is 54.9 Å². The van der Waals surface area contributed by atoms with E-state index in [1.807, 2.05) is 6.07 Å². The Morgan fingerprint density at radius 2 is 2.00 bits per heavy atom. The highest BCUT2D eigenvalue weighted by molar-refractivity contribution is 5.85. The summed E-state index contributed by atoms with van der Waals surface area (Å²) in [7, 11) is 0. The molecule has 0 aliphatic rings. The summed E-state index contributed by atoms with van der Waals surface area (Å²) in [6, 6.07) is 5.44. The molecule has 0 radical (unpaired) electrons. The van der Waals surface area contributed by atoms with Crippen LogP contribution in [0.5, 0.6) is 0 Å². The molecule has 20 heavy (non-hydrogen) atoms. The summed E-state index contributed by atoms with van der Waals surface area (Å²) >= 11 is 0. The van der Waals surface area contributed by atoms with Gasteiger partial charge in [-0.1, -0.05) is 0 Å². The zero-order valence-corrected chi connectivity index (χ0v) is 10.2. The first kappa shape index (κ1) is 12.0. The minimum Gasteiger partial charge on any atom is -0.476 e. The van der Waals surface area contributed by atoms with Crippen LogP contribution in [-0.2, 0) is 0 Å². The first-order valence-corrected chi connectivity index (χ1v) is 5.76. The van der Waals surface area contributed by atoms with E-state index in [1.54, 1.807) is 35.4 Å². The number of aromatic nitrogens is 5. The number of carbonyl (C=O) groups is 1. The lowest BCUT2D eigenvalue weighted by molar-refractivity contribution is 0.0690. The number of nitrogens with zero attached hydrogens (tertiary/aromatic N) is 5. The highest BCUT2D eigenvalue weighted by Crippen LogP contribution is 2.19. The van der Waals surface area contributed by atoms with Crippen molar-refractivity contribution in [1.82, 2.24) is 24.7 Å². The zero-order chi connectivity index (χ0) is 13.9. The van der Waals surface area contributed by atoms with E-state index < -0.39 is 5.97 Å². The van der Waals surface area contributed by atoms with Crippen LogP contribution in [0.15, 0.2) is 49.2 Å². The number of aromatic carboxylic acids is 1. The third kappa shape index (κ3) is 2.12. The molecule has 1 N–H and O–H groups in total. The van der Waals surface area contributed by atoms with Gasteiger partial charge in [0.15, 0.2) is 5.69 Å². The molecule has 0 bridgehead atoms. The van der Waals surface area contributed by atoms with Crippen LogP contribution in [0.4, 0.5) is 0 Å². The van der Waals surface area contributed by atoms with Crippen molar-refractivity contribution in [3.63, 3.8) is 0 Å². The molecule has 0 amide bonds. The fraction of sp³-hybridized carbons (Fsp3) is 0. The Morgan fingerprint density at radius 3 is 2.65 bits per heavy atom. The third-order valence-corrected chi connectivity index (χ3v) is 2.67. The van der Waals surface area contributed by atoms with E-state index in [1.165, 1.54) is 12.4 Å². The average molecular weight is 267 g/mol. The second-order valence-corrected chi connectivity index (χ2v) is 3.93. The van der Waals surface area contributed by atoms with Crippen molar-refractivity contribution in [2.24, 2.45) is 0 Å². The largest absolute Gasteiger partial charge is 0.476 e. The lowest BCUT2D eigenvalue weighted by atomic mass is 10.3. The first-order valence-electron chi connectivity index (χ1n) is 5.76. The fourth-order valence-corrected chi connectivity index (χ4v) is 1.75. The standard InChI is InChI=1S/C13H9N5O2/c19-13(20)11-8-15-10(7-16-11)12-3-5-17-18(12)9-2-1-4-14-6-9/h1-8H,(H,19,20). The van der Waals surface area contributed by atoms with Crippen molar-refractivity contribution < 1.29 is 9.90 Å². The molecule has 7 nitrogen and oxygen atoms in total. The molecule has 0 atom stereocenters. The summed E-state index contributed by atoms with van der Waals surface area (Å²) in [6.07, 6.45) is 7.62. The van der Waals surface area contributed by atoms with Crippen molar-refractivity contribution in [3.8, 4) is 17.1 Å². The van der Waals surface area contributed by atoms with E-state index in [2.05, 4.69) is 20.1 Å². The molecule has 3 aromatic rings. The van der Waals surface area contributed by atoms with Crippen LogP contribution in [0.2, 0.25) is 0 Å². The van der Waals surface area contributed by atoms with Gasteiger partial charge in [-0.05, 0) is 18.2 Å². The Hall–Kier alpha value is -3.09. The van der Waals surface area contributed by atoms with E-state index in [0.29, 0.717) is 11.4 Å². The number of pyridine rings is 1. The van der Waals surface area contributed by atoms with E-state index in [4.69, 9.17) is 5.11 Å². The quantitative estimate of drug-likeness (QED) is 0.771. The van der Waals surface area contributed by atoms with Gasteiger partial charge in [0, 0.05) is 6.20 Å². The molecular formula is C13H9N5O2. The van der Waals surface area contributed by atoms with Crippen LogP contribution in [-0.4, -0.2) is 35.8 Å². The lowest BCUT2D eigenvalue weighted by Crippen LogP contribution is -2.04. The SMILES string of the molecule is O=C(O)c1cnc(-c2ccnn2-c2cccnc2)cn1. The summed E-state index contributed by atoms with van der Waals surface area (Å²) in [5.74, 6) is -1.11. The smallest absolute Gasteiger partial charge is 0.356 e. The summed E-state index contributed by atoms with van der Waals surface area (Å²) < 4.78 is 1.66. The number of hydrogen-bond acceptors (Lipinski definition) is 5. The zero-order valence-electron chi connectivity index (χ0n) is 10.2. The van der Waals surface area contributed by atoms with Gasteiger partial charge in [0.2, 0.25) is 0 Å². The van der Waals surface area contributed by atoms with Crippen LogP contribution in [0.25, 0.3) is 17.1 Å². The molecule has 3 rings (SSSR count). The second-order valence-electron chi connectivity index (χ2n) is 3.93. The van der Waals surface area contributed by atoms with Crippen molar-refractivity contribution in [2.45, 2.75) is 0 Å². The maximum Gasteiger partial charge on any atom is 0.356 e. The van der Waals surface area contributed by atoms with Gasteiger partial charge in [0.05, 0.1) is 36.2 Å². The molecule has 0 aliphatic carbocycles. The van der Waals surface area contributed by atoms with Gasteiger partial charge in [-0.15, -0.1) is 0 Å². The van der Waals surface area contributed by atoms with Gasteiger partial charge in [-0.2, -0.15) is 5.10 Å². The summed E-state index contributed by atoms with van der Waals surface area (Å²) in [5.41, 5.74) is 1.94. The molecule has 0 spiro atoms. The predicted octanol–water partition coefficient (Wildman–Crippen LogP) is 1.42. The lowest BCUT2D eigenvalue weighted by Gasteiger charge is -2.06. The highest BCUT2D eigenvalue weighted by Gasteiger charge is 2.11. The van der Waals surface area contributed by atoms with Crippen LogP contribution in [0.1, 0.15) is 10.5 Å². The Bertz CT molecular complexity index is 737. The Labute approximate surface area is 113 Å². The number of carboxylic acids is 1. The van der Waals surface area contributed by atoms with Gasteiger partial charge < -0.3 is 5.11 Å². The highest BCUT2D eigenvalue weighted by atomic mass is 16.4. The number of hydrogen-bond donors (Lipinski definition) is 1. The van der Waals surface area contributed by atoms with E-state index >= 15 is 0 Å². The minimum absolute atomic E-state index is 0.0961. The fourth-order valence-electron chi connectivity index (χ4n) is 1.75. The molecule has 0 fully saturated rings. The van der Waals surface area contributed by atoms with E-state index in [9.17, 15) is 4.79 Å². The Balaban J connectivity index is 2.04. The van der Waals surface area contributed by atoms with Gasteiger partial charge in [-0.25, -0.2) is 14.5 Å². The van der Waals surface area contributed by atoms with Crippen molar-refractivity contribution >= 4 is 5.97 Å². The van der Waals surface area contributed by atoms with Gasteiger partial charge in [0.25, 0.3) is 0 Å². The monoisotopic (exact) mass is 267 g/mol. The summed E-state index contributed by atoms with van der Waals surface area (Å²) in [6.45, 7) is 0. The van der Waals surface area contributed by atoms with Crippen LogP contribution < -0.4 is 0 Å². The molecule has 7 heteroatoms. The van der Waals surface area contributed by atoms with Crippen molar-refractivity contribution in [2.75, 3.05) is 0 Å². The number of rotatable bonds is 3. The molecule has 0 aromatic carbocycles. The molecule has 0 saturated carbocycles. The van der Waals surface area contributed by atoms with Crippen LogP contribution in [0, 0.1) is 0 Å². The average Bonchev–Trinajstić information content (AvgIpc) is 2.97. The molecule has 0 saturated heterocycles. The first-order chi connectivity index (χ1) is 9.75. The van der Waals surface area contributed by atoms with Crippen LogP contribution >= 0.6 is 0 Å². The van der Waals surface area contributed by atoms with E-state index in [-0.39, 0.29) is 5.69 Å². The normalized spacial score (nSPS) is 10.4. The number of carboxylic acid groups (broad SMARTS) is 1.